The first-order valence-electron chi connectivity index (χ1n) is 4.53. The highest BCUT2D eigenvalue weighted by molar-refractivity contribution is 14.1. The summed E-state index contributed by atoms with van der Waals surface area (Å²) in [5.41, 5.74) is 0. The third-order valence-electron chi connectivity index (χ3n) is 2.34. The topological polar surface area (TPSA) is 12.0 Å². The summed E-state index contributed by atoms with van der Waals surface area (Å²) in [7, 11) is 0. The van der Waals surface area contributed by atoms with Crippen LogP contribution < -0.4 is 5.32 Å². The number of halogens is 1. The average molecular weight is 267 g/mol. The summed E-state index contributed by atoms with van der Waals surface area (Å²) in [5.74, 6) is 1.80. The van der Waals surface area contributed by atoms with Gasteiger partial charge in [0.2, 0.25) is 0 Å². The molecule has 0 bridgehead atoms. The van der Waals surface area contributed by atoms with Crippen LogP contribution in [0.3, 0.4) is 0 Å². The first kappa shape index (κ1) is 9.78. The lowest BCUT2D eigenvalue weighted by molar-refractivity contribution is 0.429. The Morgan fingerprint density at radius 3 is 2.45 bits per heavy atom. The largest absolute Gasteiger partial charge is 0.313 e. The maximum atomic E-state index is 3.62. The van der Waals surface area contributed by atoms with E-state index in [1.807, 2.05) is 0 Å². The lowest BCUT2D eigenvalue weighted by atomic mass is 10.1. The van der Waals surface area contributed by atoms with Crippen molar-refractivity contribution in [1.82, 2.24) is 5.32 Å². The predicted molar refractivity (Wildman–Crippen MR) is 58.2 cm³/mol. The molecule has 1 nitrogen and oxygen atoms in total. The van der Waals surface area contributed by atoms with Gasteiger partial charge >= 0.3 is 0 Å². The SMILES string of the molecule is CC(C)C(CI)NCC1CC1. The van der Waals surface area contributed by atoms with Gasteiger partial charge in [0.1, 0.15) is 0 Å². The standard InChI is InChI=1S/C9H18IN/c1-7(2)9(5-10)11-6-8-3-4-8/h7-9,11H,3-6H2,1-2H3. The minimum atomic E-state index is 0.733. The van der Waals surface area contributed by atoms with Crippen LogP contribution in [0.1, 0.15) is 26.7 Å². The van der Waals surface area contributed by atoms with E-state index in [1.165, 1.54) is 23.8 Å². The summed E-state index contributed by atoms with van der Waals surface area (Å²) >= 11 is 2.47. The van der Waals surface area contributed by atoms with E-state index in [0.717, 1.165) is 17.9 Å². The van der Waals surface area contributed by atoms with Crippen LogP contribution in [0.5, 0.6) is 0 Å². The Morgan fingerprint density at radius 1 is 1.45 bits per heavy atom. The van der Waals surface area contributed by atoms with E-state index >= 15 is 0 Å². The second-order valence-corrected chi connectivity index (χ2v) is 4.74. The van der Waals surface area contributed by atoms with Crippen LogP contribution in [-0.4, -0.2) is 17.0 Å². The Kier molecular flexibility index (Phi) is 4.13. The van der Waals surface area contributed by atoms with E-state index in [4.69, 9.17) is 0 Å². The zero-order valence-corrected chi connectivity index (χ0v) is 9.60. The van der Waals surface area contributed by atoms with Crippen LogP contribution in [0.4, 0.5) is 0 Å². The van der Waals surface area contributed by atoms with E-state index in [0.29, 0.717) is 0 Å². The number of nitrogens with one attached hydrogen (secondary N) is 1. The van der Waals surface area contributed by atoms with Crippen LogP contribution in [0.25, 0.3) is 0 Å². The van der Waals surface area contributed by atoms with Gasteiger partial charge in [-0.05, 0) is 31.2 Å². The molecule has 1 rings (SSSR count). The maximum absolute atomic E-state index is 3.62. The van der Waals surface area contributed by atoms with Crippen molar-refractivity contribution in [1.29, 1.82) is 0 Å². The molecule has 1 atom stereocenters. The Hall–Kier alpha value is 0.690. The fourth-order valence-corrected chi connectivity index (χ4v) is 2.44. The molecule has 0 heterocycles. The Morgan fingerprint density at radius 2 is 2.09 bits per heavy atom. The molecule has 1 aliphatic rings. The molecule has 0 radical (unpaired) electrons. The summed E-state index contributed by atoms with van der Waals surface area (Å²) in [4.78, 5) is 0. The highest BCUT2D eigenvalue weighted by Crippen LogP contribution is 2.27. The van der Waals surface area contributed by atoms with E-state index in [2.05, 4.69) is 41.8 Å². The molecule has 1 aliphatic carbocycles. The van der Waals surface area contributed by atoms with Gasteiger partial charge in [0.15, 0.2) is 0 Å². The summed E-state index contributed by atoms with van der Waals surface area (Å²) in [6.07, 6.45) is 2.91. The van der Waals surface area contributed by atoms with Crippen LogP contribution >= 0.6 is 22.6 Å². The second-order valence-electron chi connectivity index (χ2n) is 3.86. The Bertz CT molecular complexity index is 110. The van der Waals surface area contributed by atoms with Crippen LogP contribution in [0.15, 0.2) is 0 Å². The van der Waals surface area contributed by atoms with Gasteiger partial charge in [-0.1, -0.05) is 36.4 Å². The van der Waals surface area contributed by atoms with Gasteiger partial charge < -0.3 is 5.32 Å². The van der Waals surface area contributed by atoms with Gasteiger partial charge in [0.25, 0.3) is 0 Å². The molecule has 0 aromatic heterocycles. The van der Waals surface area contributed by atoms with Gasteiger partial charge in [-0.2, -0.15) is 0 Å². The van der Waals surface area contributed by atoms with Crippen molar-refractivity contribution in [3.05, 3.63) is 0 Å². The fraction of sp³-hybridized carbons (Fsp3) is 1.00. The minimum absolute atomic E-state index is 0.733. The minimum Gasteiger partial charge on any atom is -0.313 e. The third kappa shape index (κ3) is 3.74. The fourth-order valence-electron chi connectivity index (χ4n) is 1.11. The molecule has 0 spiro atoms. The van der Waals surface area contributed by atoms with Gasteiger partial charge in [-0.25, -0.2) is 0 Å². The molecular formula is C9H18IN. The van der Waals surface area contributed by atoms with Crippen molar-refractivity contribution in [2.75, 3.05) is 11.0 Å². The molecule has 11 heavy (non-hydrogen) atoms. The van der Waals surface area contributed by atoms with E-state index in [1.54, 1.807) is 0 Å². The molecule has 1 saturated carbocycles. The Balaban J connectivity index is 2.08. The predicted octanol–water partition coefficient (Wildman–Crippen LogP) is 2.45. The molecule has 66 valence electrons. The highest BCUT2D eigenvalue weighted by Gasteiger charge is 2.22. The average Bonchev–Trinajstić information content (AvgIpc) is 2.72. The zero-order valence-electron chi connectivity index (χ0n) is 7.44. The van der Waals surface area contributed by atoms with Gasteiger partial charge in [0.05, 0.1) is 0 Å². The highest BCUT2D eigenvalue weighted by atomic mass is 127. The maximum Gasteiger partial charge on any atom is 0.0180 e. The quantitative estimate of drug-likeness (QED) is 0.596. The molecule has 1 N–H and O–H groups in total. The Labute approximate surface area is 83.5 Å². The van der Waals surface area contributed by atoms with E-state index < -0.39 is 0 Å². The summed E-state index contributed by atoms with van der Waals surface area (Å²) in [5, 5.41) is 3.62. The van der Waals surface area contributed by atoms with Crippen molar-refractivity contribution in [3.63, 3.8) is 0 Å². The molecule has 0 saturated heterocycles. The van der Waals surface area contributed by atoms with E-state index in [-0.39, 0.29) is 0 Å². The monoisotopic (exact) mass is 267 g/mol. The van der Waals surface area contributed by atoms with Crippen LogP contribution in [0, 0.1) is 11.8 Å². The van der Waals surface area contributed by atoms with Gasteiger partial charge in [0, 0.05) is 10.5 Å². The van der Waals surface area contributed by atoms with Crippen LogP contribution in [0.2, 0.25) is 0 Å². The lowest BCUT2D eigenvalue weighted by Gasteiger charge is -2.19. The molecule has 0 aromatic carbocycles. The molecular weight excluding hydrogens is 249 g/mol. The van der Waals surface area contributed by atoms with Crippen LogP contribution in [-0.2, 0) is 0 Å². The number of hydrogen-bond acceptors (Lipinski definition) is 1. The summed E-state index contributed by atoms with van der Waals surface area (Å²) in [6, 6.07) is 0.733. The number of hydrogen-bond donors (Lipinski definition) is 1. The molecule has 1 unspecified atom stereocenters. The summed E-state index contributed by atoms with van der Waals surface area (Å²) in [6.45, 7) is 5.85. The lowest BCUT2D eigenvalue weighted by Crippen LogP contribution is -2.36. The van der Waals surface area contributed by atoms with Crippen molar-refractivity contribution in [2.24, 2.45) is 11.8 Å². The van der Waals surface area contributed by atoms with Crippen molar-refractivity contribution >= 4 is 22.6 Å². The molecule has 0 aromatic rings. The second kappa shape index (κ2) is 4.65. The summed E-state index contributed by atoms with van der Waals surface area (Å²) < 4.78 is 1.24. The van der Waals surface area contributed by atoms with Gasteiger partial charge in [-0.3, -0.25) is 0 Å². The number of alkyl halides is 1. The normalized spacial score (nSPS) is 20.7. The zero-order chi connectivity index (χ0) is 8.27. The smallest absolute Gasteiger partial charge is 0.0180 e. The van der Waals surface area contributed by atoms with Gasteiger partial charge in [-0.15, -0.1) is 0 Å². The van der Waals surface area contributed by atoms with Crippen molar-refractivity contribution in [3.8, 4) is 0 Å². The van der Waals surface area contributed by atoms with E-state index in [9.17, 15) is 0 Å². The molecule has 0 aliphatic heterocycles. The first-order chi connectivity index (χ1) is 5.24. The first-order valence-corrected chi connectivity index (χ1v) is 6.06. The number of rotatable bonds is 5. The third-order valence-corrected chi connectivity index (χ3v) is 3.29. The molecule has 0 amide bonds. The molecule has 1 fully saturated rings. The molecule has 2 heteroatoms. The van der Waals surface area contributed by atoms with Crippen molar-refractivity contribution in [2.45, 2.75) is 32.7 Å². The van der Waals surface area contributed by atoms with Crippen molar-refractivity contribution < 1.29 is 0 Å².